The Balaban J connectivity index is 0.979. The van der Waals surface area contributed by atoms with Crippen molar-refractivity contribution in [3.05, 3.63) is 218 Å². The minimum absolute atomic E-state index is 1.15. The van der Waals surface area contributed by atoms with Crippen molar-refractivity contribution in [3.63, 3.8) is 0 Å². The maximum absolute atomic E-state index is 2.40. The number of aromatic nitrogens is 2. The van der Waals surface area contributed by atoms with Gasteiger partial charge in [-0.25, -0.2) is 0 Å². The zero-order valence-corrected chi connectivity index (χ0v) is 30.7. The fraction of sp³-hybridized carbons (Fsp3) is 0. The van der Waals surface area contributed by atoms with Gasteiger partial charge in [0.05, 0.1) is 22.1 Å². The van der Waals surface area contributed by atoms with Gasteiger partial charge in [-0.15, -0.1) is 0 Å². The summed E-state index contributed by atoms with van der Waals surface area (Å²) in [5.74, 6) is 0. The van der Waals surface area contributed by atoms with Crippen LogP contribution in [0.15, 0.2) is 218 Å². The standard InChI is InChI=1S/C54H36N2/c1-3-12-37(13-4-1)39-22-28-45(29-23-39)55-51-20-9-7-18-47(51)49-35-43(26-32-53(49)55)44-27-33-54-50(36-44)48-19-8-10-21-52(48)56(54)46-30-24-40(25-31-46)42-17-11-16-41(34-42)38-14-5-2-6-15-38/h1-36H. The maximum atomic E-state index is 2.40. The molecule has 0 fully saturated rings. The molecule has 2 aromatic heterocycles. The van der Waals surface area contributed by atoms with E-state index in [0.717, 1.165) is 11.4 Å². The zero-order valence-electron chi connectivity index (χ0n) is 30.7. The Morgan fingerprint density at radius 3 is 1.00 bits per heavy atom. The van der Waals surface area contributed by atoms with Gasteiger partial charge in [0.25, 0.3) is 0 Å². The van der Waals surface area contributed by atoms with E-state index in [-0.39, 0.29) is 0 Å². The molecule has 2 nitrogen and oxygen atoms in total. The van der Waals surface area contributed by atoms with E-state index in [1.807, 2.05) is 0 Å². The van der Waals surface area contributed by atoms with E-state index in [0.29, 0.717) is 0 Å². The molecule has 2 heterocycles. The number of para-hydroxylation sites is 2. The molecule has 0 radical (unpaired) electrons. The lowest BCUT2D eigenvalue weighted by atomic mass is 9.99. The van der Waals surface area contributed by atoms with Crippen molar-refractivity contribution in [1.29, 1.82) is 0 Å². The van der Waals surface area contributed by atoms with Crippen molar-refractivity contribution >= 4 is 43.6 Å². The normalized spacial score (nSPS) is 11.6. The first-order valence-corrected chi connectivity index (χ1v) is 19.3. The van der Waals surface area contributed by atoms with Gasteiger partial charge >= 0.3 is 0 Å². The van der Waals surface area contributed by atoms with Crippen LogP contribution >= 0.6 is 0 Å². The first-order chi connectivity index (χ1) is 27.8. The van der Waals surface area contributed by atoms with Crippen LogP contribution in [0.25, 0.3) is 99.5 Å². The molecule has 0 aliphatic carbocycles. The average Bonchev–Trinajstić information content (AvgIpc) is 3.79. The second-order valence-electron chi connectivity index (χ2n) is 14.6. The van der Waals surface area contributed by atoms with E-state index >= 15 is 0 Å². The highest BCUT2D eigenvalue weighted by atomic mass is 15.0. The number of nitrogens with zero attached hydrogens (tertiary/aromatic N) is 2. The van der Waals surface area contributed by atoms with Gasteiger partial charge in [-0.05, 0) is 111 Å². The summed E-state index contributed by atoms with van der Waals surface area (Å²) in [5, 5.41) is 5.01. The fourth-order valence-corrected chi connectivity index (χ4v) is 8.61. The van der Waals surface area contributed by atoms with Crippen molar-refractivity contribution < 1.29 is 0 Å². The Labute approximate surface area is 325 Å². The summed E-state index contributed by atoms with van der Waals surface area (Å²) in [6.45, 7) is 0. The van der Waals surface area contributed by atoms with Crippen LogP contribution in [0.2, 0.25) is 0 Å². The van der Waals surface area contributed by atoms with Crippen LogP contribution in [0.4, 0.5) is 0 Å². The fourth-order valence-electron chi connectivity index (χ4n) is 8.61. The molecule has 0 atom stereocenters. The Morgan fingerprint density at radius 2 is 0.518 bits per heavy atom. The van der Waals surface area contributed by atoms with Crippen molar-refractivity contribution in [1.82, 2.24) is 9.13 Å². The molecular formula is C54H36N2. The van der Waals surface area contributed by atoms with Gasteiger partial charge in [0, 0.05) is 32.9 Å². The Kier molecular flexibility index (Phi) is 7.53. The molecule has 0 bridgehead atoms. The lowest BCUT2D eigenvalue weighted by Crippen LogP contribution is -1.94. The number of hydrogen-bond donors (Lipinski definition) is 0. The van der Waals surface area contributed by atoms with Crippen LogP contribution in [0.1, 0.15) is 0 Å². The summed E-state index contributed by atoms with van der Waals surface area (Å²) in [7, 11) is 0. The molecule has 2 heteroatoms. The minimum atomic E-state index is 1.15. The molecule has 11 rings (SSSR count). The lowest BCUT2D eigenvalue weighted by molar-refractivity contribution is 1.18. The van der Waals surface area contributed by atoms with Crippen LogP contribution in [-0.2, 0) is 0 Å². The molecule has 0 saturated heterocycles. The summed E-state index contributed by atoms with van der Waals surface area (Å²) >= 11 is 0. The van der Waals surface area contributed by atoms with Gasteiger partial charge in [-0.1, -0.05) is 152 Å². The third kappa shape index (κ3) is 5.34. The SMILES string of the molecule is c1ccc(-c2ccc(-n3c4ccccc4c4cc(-c5ccc6c(c5)c5ccccc5n6-c5ccc(-c6cccc(-c7ccccc7)c6)cc5)ccc43)cc2)cc1. The highest BCUT2D eigenvalue weighted by Crippen LogP contribution is 2.39. The van der Waals surface area contributed by atoms with Crippen LogP contribution in [-0.4, -0.2) is 9.13 Å². The molecule has 0 amide bonds. The summed E-state index contributed by atoms with van der Waals surface area (Å²) in [5.41, 5.74) is 16.9. The summed E-state index contributed by atoms with van der Waals surface area (Å²) < 4.78 is 4.80. The predicted octanol–water partition coefficient (Wildman–Crippen LogP) is 14.5. The van der Waals surface area contributed by atoms with E-state index in [1.54, 1.807) is 0 Å². The van der Waals surface area contributed by atoms with Crippen molar-refractivity contribution in [2.45, 2.75) is 0 Å². The van der Waals surface area contributed by atoms with Gasteiger partial charge in [0.15, 0.2) is 0 Å². The molecule has 0 saturated carbocycles. The number of benzene rings is 9. The summed E-state index contributed by atoms with van der Waals surface area (Å²) in [6, 6.07) is 79.3. The van der Waals surface area contributed by atoms with Crippen LogP contribution in [0.5, 0.6) is 0 Å². The molecule has 9 aromatic carbocycles. The second kappa shape index (κ2) is 13.2. The van der Waals surface area contributed by atoms with Gasteiger partial charge in [-0.2, -0.15) is 0 Å². The topological polar surface area (TPSA) is 9.86 Å². The zero-order chi connectivity index (χ0) is 37.0. The van der Waals surface area contributed by atoms with Crippen molar-refractivity contribution in [3.8, 4) is 55.9 Å². The lowest BCUT2D eigenvalue weighted by Gasteiger charge is -2.11. The smallest absolute Gasteiger partial charge is 0.0541 e. The predicted molar refractivity (Wildman–Crippen MR) is 237 cm³/mol. The second-order valence-corrected chi connectivity index (χ2v) is 14.6. The number of rotatable bonds is 6. The molecular weight excluding hydrogens is 677 g/mol. The molecule has 56 heavy (non-hydrogen) atoms. The van der Waals surface area contributed by atoms with Crippen LogP contribution in [0.3, 0.4) is 0 Å². The van der Waals surface area contributed by atoms with E-state index in [2.05, 4.69) is 228 Å². The van der Waals surface area contributed by atoms with Crippen LogP contribution < -0.4 is 0 Å². The maximum Gasteiger partial charge on any atom is 0.0541 e. The van der Waals surface area contributed by atoms with E-state index in [9.17, 15) is 0 Å². The Bertz CT molecular complexity index is 3200. The van der Waals surface area contributed by atoms with E-state index in [4.69, 9.17) is 0 Å². The van der Waals surface area contributed by atoms with Gasteiger partial charge in [0.1, 0.15) is 0 Å². The summed E-state index contributed by atoms with van der Waals surface area (Å²) in [6.07, 6.45) is 0. The van der Waals surface area contributed by atoms with Gasteiger partial charge in [0.2, 0.25) is 0 Å². The van der Waals surface area contributed by atoms with E-state index in [1.165, 1.54) is 88.1 Å². The number of fused-ring (bicyclic) bond motifs is 6. The van der Waals surface area contributed by atoms with E-state index < -0.39 is 0 Å². The highest BCUT2D eigenvalue weighted by Gasteiger charge is 2.16. The Hall–Kier alpha value is -7.42. The molecule has 0 aliphatic heterocycles. The first kappa shape index (κ1) is 32.0. The third-order valence-electron chi connectivity index (χ3n) is 11.3. The highest BCUT2D eigenvalue weighted by molar-refractivity contribution is 6.12. The van der Waals surface area contributed by atoms with Crippen LogP contribution in [0, 0.1) is 0 Å². The average molecular weight is 713 g/mol. The summed E-state index contributed by atoms with van der Waals surface area (Å²) in [4.78, 5) is 0. The monoisotopic (exact) mass is 712 g/mol. The molecule has 0 aliphatic rings. The minimum Gasteiger partial charge on any atom is -0.309 e. The Morgan fingerprint density at radius 1 is 0.196 bits per heavy atom. The van der Waals surface area contributed by atoms with Gasteiger partial charge in [-0.3, -0.25) is 0 Å². The first-order valence-electron chi connectivity index (χ1n) is 19.3. The van der Waals surface area contributed by atoms with Crippen molar-refractivity contribution in [2.24, 2.45) is 0 Å². The molecule has 0 spiro atoms. The largest absolute Gasteiger partial charge is 0.309 e. The quantitative estimate of drug-likeness (QED) is 0.162. The molecule has 0 unspecified atom stereocenters. The molecule has 262 valence electrons. The molecule has 0 N–H and O–H groups in total. The van der Waals surface area contributed by atoms with Gasteiger partial charge < -0.3 is 9.13 Å². The third-order valence-corrected chi connectivity index (χ3v) is 11.3. The molecule has 11 aromatic rings. The van der Waals surface area contributed by atoms with Crippen molar-refractivity contribution in [2.75, 3.05) is 0 Å². The number of hydrogen-bond acceptors (Lipinski definition) is 0.